The molecule has 3 N–H and O–H groups in total. The smallest absolute Gasteiger partial charge is 0.362 e. The van der Waals surface area contributed by atoms with Crippen molar-refractivity contribution in [3.05, 3.63) is 47.8 Å². The van der Waals surface area contributed by atoms with Gasteiger partial charge in [-0.2, -0.15) is 9.61 Å². The predicted octanol–water partition coefficient (Wildman–Crippen LogP) is 1.65. The van der Waals surface area contributed by atoms with E-state index in [0.29, 0.717) is 10.1 Å². The topological polar surface area (TPSA) is 150 Å². The number of nitrogens with two attached hydrogens (primary N) is 1. The third-order valence-corrected chi connectivity index (χ3v) is 4.73. The van der Waals surface area contributed by atoms with E-state index in [9.17, 15) is 9.59 Å². The molecule has 0 aliphatic carbocycles. The molecule has 1 amide bonds. The summed E-state index contributed by atoms with van der Waals surface area (Å²) in [5.41, 5.74) is 6.87. The number of hydrogen-bond donors (Lipinski definition) is 2. The number of nitrogen functional groups attached to an aromatic ring is 1. The lowest BCUT2D eigenvalue weighted by molar-refractivity contribution is 0.0518. The number of nitrogens with one attached hydrogen (secondary N) is 1. The van der Waals surface area contributed by atoms with Crippen LogP contribution in [0.4, 0.5) is 10.9 Å². The number of carbonyl (C=O) groups is 2. The van der Waals surface area contributed by atoms with Gasteiger partial charge in [-0.15, -0.1) is 20.4 Å². The summed E-state index contributed by atoms with van der Waals surface area (Å²) in [6.07, 6.45) is 1.28. The molecule has 1 aromatic carbocycles. The molecule has 0 radical (unpaired) electrons. The normalized spacial score (nSPS) is 10.8. The van der Waals surface area contributed by atoms with Crippen LogP contribution >= 0.6 is 11.3 Å². The molecule has 3 aromatic heterocycles. The van der Waals surface area contributed by atoms with Crippen molar-refractivity contribution in [2.24, 2.45) is 0 Å². The molecular weight excluding hydrogens is 396 g/mol. The Morgan fingerprint density at radius 2 is 1.97 bits per heavy atom. The lowest BCUT2D eigenvalue weighted by atomic mass is 10.2. The van der Waals surface area contributed by atoms with Crippen molar-refractivity contribution in [1.29, 1.82) is 0 Å². The molecule has 0 saturated heterocycles. The number of amides is 1. The lowest BCUT2D eigenvalue weighted by Crippen LogP contribution is -2.17. The number of hydrogen-bond acceptors (Lipinski definition) is 10. The summed E-state index contributed by atoms with van der Waals surface area (Å²) >= 11 is 1.23. The summed E-state index contributed by atoms with van der Waals surface area (Å²) in [4.78, 5) is 24.5. The second kappa shape index (κ2) is 7.59. The SMILES string of the molecule is CCOC(=O)c1nnc2c(C(=O)Nc3nnc(-c4ccccc4)s3)cnn2c1N. The molecule has 0 aliphatic rings. The van der Waals surface area contributed by atoms with E-state index >= 15 is 0 Å². The molecule has 3 heterocycles. The highest BCUT2D eigenvalue weighted by molar-refractivity contribution is 7.18. The monoisotopic (exact) mass is 410 g/mol. The van der Waals surface area contributed by atoms with Crippen molar-refractivity contribution in [1.82, 2.24) is 30.0 Å². The van der Waals surface area contributed by atoms with Crippen LogP contribution in [0.2, 0.25) is 0 Å². The van der Waals surface area contributed by atoms with Gasteiger partial charge in [0.2, 0.25) is 10.8 Å². The number of ether oxygens (including phenoxy) is 1. The van der Waals surface area contributed by atoms with E-state index in [4.69, 9.17) is 10.5 Å². The molecule has 0 unspecified atom stereocenters. The van der Waals surface area contributed by atoms with E-state index in [-0.39, 0.29) is 29.3 Å². The minimum absolute atomic E-state index is 0.0743. The number of carbonyl (C=O) groups excluding carboxylic acids is 2. The van der Waals surface area contributed by atoms with Crippen molar-refractivity contribution in [3.8, 4) is 10.6 Å². The zero-order chi connectivity index (χ0) is 20.4. The first-order valence-corrected chi connectivity index (χ1v) is 9.27. The molecular formula is C17H14N8O3S. The van der Waals surface area contributed by atoms with Crippen molar-refractivity contribution in [2.45, 2.75) is 6.92 Å². The molecule has 0 bridgehead atoms. The molecule has 0 spiro atoms. The van der Waals surface area contributed by atoms with Crippen molar-refractivity contribution < 1.29 is 14.3 Å². The Bertz CT molecular complexity index is 1200. The van der Waals surface area contributed by atoms with E-state index < -0.39 is 11.9 Å². The summed E-state index contributed by atoms with van der Waals surface area (Å²) in [7, 11) is 0. The van der Waals surface area contributed by atoms with Gasteiger partial charge in [-0.25, -0.2) is 4.79 Å². The maximum Gasteiger partial charge on any atom is 0.362 e. The number of esters is 1. The fourth-order valence-electron chi connectivity index (χ4n) is 2.50. The summed E-state index contributed by atoms with van der Waals surface area (Å²) in [6, 6.07) is 9.48. The van der Waals surface area contributed by atoms with Gasteiger partial charge in [0.1, 0.15) is 10.6 Å². The number of anilines is 2. The van der Waals surface area contributed by atoms with Crippen LogP contribution in [0.25, 0.3) is 16.2 Å². The van der Waals surface area contributed by atoms with Gasteiger partial charge in [0.05, 0.1) is 12.8 Å². The van der Waals surface area contributed by atoms with Crippen molar-refractivity contribution in [3.63, 3.8) is 0 Å². The first-order valence-electron chi connectivity index (χ1n) is 8.45. The van der Waals surface area contributed by atoms with Crippen LogP contribution < -0.4 is 11.1 Å². The molecule has 4 rings (SSSR count). The summed E-state index contributed by atoms with van der Waals surface area (Å²) in [6.45, 7) is 1.82. The largest absolute Gasteiger partial charge is 0.461 e. The van der Waals surface area contributed by atoms with Crippen LogP contribution in [0, 0.1) is 0 Å². The van der Waals surface area contributed by atoms with Gasteiger partial charge in [-0.3, -0.25) is 10.1 Å². The van der Waals surface area contributed by atoms with E-state index in [1.54, 1.807) is 6.92 Å². The molecule has 0 aliphatic heterocycles. The fraction of sp³-hybridized carbons (Fsp3) is 0.118. The minimum Gasteiger partial charge on any atom is -0.461 e. The van der Waals surface area contributed by atoms with Crippen LogP contribution in [0.5, 0.6) is 0 Å². The third-order valence-electron chi connectivity index (χ3n) is 3.84. The second-order valence-corrected chi connectivity index (χ2v) is 6.66. The number of aromatic nitrogens is 6. The fourth-order valence-corrected chi connectivity index (χ4v) is 3.25. The van der Waals surface area contributed by atoms with Crippen molar-refractivity contribution >= 4 is 39.8 Å². The molecule has 146 valence electrons. The van der Waals surface area contributed by atoms with Gasteiger partial charge >= 0.3 is 5.97 Å². The molecule has 11 nitrogen and oxygen atoms in total. The second-order valence-electron chi connectivity index (χ2n) is 5.68. The Hall–Kier alpha value is -3.93. The average Bonchev–Trinajstić information content (AvgIpc) is 3.36. The highest BCUT2D eigenvalue weighted by Gasteiger charge is 2.22. The Balaban J connectivity index is 1.59. The van der Waals surface area contributed by atoms with E-state index in [0.717, 1.165) is 10.1 Å². The number of nitrogens with zero attached hydrogens (tertiary/aromatic N) is 6. The zero-order valence-electron chi connectivity index (χ0n) is 15.1. The lowest BCUT2D eigenvalue weighted by Gasteiger charge is -2.05. The first-order chi connectivity index (χ1) is 14.1. The van der Waals surface area contributed by atoms with Gasteiger partial charge in [0, 0.05) is 5.56 Å². The number of rotatable bonds is 5. The van der Waals surface area contributed by atoms with E-state index in [1.165, 1.54) is 17.5 Å². The van der Waals surface area contributed by atoms with Gasteiger partial charge in [0.15, 0.2) is 11.5 Å². The quantitative estimate of drug-likeness (QED) is 0.468. The average molecular weight is 410 g/mol. The van der Waals surface area contributed by atoms with Crippen LogP contribution in [0.15, 0.2) is 36.5 Å². The van der Waals surface area contributed by atoms with Gasteiger partial charge in [-0.05, 0) is 6.92 Å². The van der Waals surface area contributed by atoms with Crippen molar-refractivity contribution in [2.75, 3.05) is 17.7 Å². The molecule has 4 aromatic rings. The standard InChI is InChI=1S/C17H14N8O3S/c1-2-28-16(27)11-12(18)25-13(22-21-11)10(8-19-25)14(26)20-17-24-23-15(29-17)9-6-4-3-5-7-9/h3-8H,2,18H2,1H3,(H,20,24,26). The minimum atomic E-state index is -0.719. The number of fused-ring (bicyclic) bond motifs is 1. The summed E-state index contributed by atoms with van der Waals surface area (Å²) in [5, 5.41) is 23.4. The highest BCUT2D eigenvalue weighted by Crippen LogP contribution is 2.26. The molecule has 12 heteroatoms. The predicted molar refractivity (Wildman–Crippen MR) is 104 cm³/mol. The zero-order valence-corrected chi connectivity index (χ0v) is 15.9. The van der Waals surface area contributed by atoms with Crippen LogP contribution in [0.1, 0.15) is 27.8 Å². The maximum atomic E-state index is 12.6. The molecule has 0 saturated carbocycles. The Labute approximate surface area is 167 Å². The van der Waals surface area contributed by atoms with Gasteiger partial charge in [0.25, 0.3) is 5.91 Å². The Morgan fingerprint density at radius 3 is 2.72 bits per heavy atom. The van der Waals surface area contributed by atoms with Crippen LogP contribution in [-0.4, -0.2) is 48.5 Å². The Morgan fingerprint density at radius 1 is 1.17 bits per heavy atom. The summed E-state index contributed by atoms with van der Waals surface area (Å²) in [5.74, 6) is -1.30. The van der Waals surface area contributed by atoms with Crippen LogP contribution in [-0.2, 0) is 4.74 Å². The maximum absolute atomic E-state index is 12.6. The van der Waals surface area contributed by atoms with Gasteiger partial charge < -0.3 is 10.5 Å². The van der Waals surface area contributed by atoms with E-state index in [1.807, 2.05) is 30.3 Å². The molecule has 29 heavy (non-hydrogen) atoms. The Kier molecular flexibility index (Phi) is 4.83. The van der Waals surface area contributed by atoms with E-state index in [2.05, 4.69) is 30.8 Å². The first kappa shape index (κ1) is 18.4. The number of benzene rings is 1. The third kappa shape index (κ3) is 3.48. The van der Waals surface area contributed by atoms with Crippen LogP contribution in [0.3, 0.4) is 0 Å². The highest BCUT2D eigenvalue weighted by atomic mass is 32.1. The molecule has 0 fully saturated rings. The summed E-state index contributed by atoms with van der Waals surface area (Å²) < 4.78 is 6.03. The van der Waals surface area contributed by atoms with Gasteiger partial charge in [-0.1, -0.05) is 41.7 Å². The molecule has 0 atom stereocenters.